The normalized spacial score (nSPS) is 17.9. The lowest BCUT2D eigenvalue weighted by molar-refractivity contribution is -0.132. The predicted octanol–water partition coefficient (Wildman–Crippen LogP) is 3.37. The van der Waals surface area contributed by atoms with E-state index in [1.807, 2.05) is 36.1 Å². The molecular formula is C21H22ClN3O2. The van der Waals surface area contributed by atoms with E-state index in [0.29, 0.717) is 48.6 Å². The highest BCUT2D eigenvalue weighted by Crippen LogP contribution is 2.35. The zero-order valence-corrected chi connectivity index (χ0v) is 16.0. The summed E-state index contributed by atoms with van der Waals surface area (Å²) >= 11 is 6.28. The number of piperidine rings is 1. The summed E-state index contributed by atoms with van der Waals surface area (Å²) in [6.07, 6.45) is 1.69. The van der Waals surface area contributed by atoms with Crippen LogP contribution in [0.5, 0.6) is 0 Å². The van der Waals surface area contributed by atoms with Crippen molar-refractivity contribution in [2.75, 3.05) is 18.4 Å². The summed E-state index contributed by atoms with van der Waals surface area (Å²) < 4.78 is 0. The van der Waals surface area contributed by atoms with E-state index >= 15 is 0 Å². The zero-order valence-electron chi connectivity index (χ0n) is 15.2. The van der Waals surface area contributed by atoms with Gasteiger partial charge in [-0.3, -0.25) is 9.59 Å². The lowest BCUT2D eigenvalue weighted by Crippen LogP contribution is -2.62. The maximum Gasteiger partial charge on any atom is 0.255 e. The van der Waals surface area contributed by atoms with E-state index in [-0.39, 0.29) is 11.8 Å². The Labute approximate surface area is 163 Å². The third-order valence-corrected chi connectivity index (χ3v) is 5.74. The van der Waals surface area contributed by atoms with Crippen molar-refractivity contribution < 1.29 is 9.59 Å². The van der Waals surface area contributed by atoms with Crippen LogP contribution in [0.3, 0.4) is 0 Å². The Bertz CT molecular complexity index is 887. The van der Waals surface area contributed by atoms with Gasteiger partial charge in [0.05, 0.1) is 22.7 Å². The minimum atomic E-state index is -0.546. The van der Waals surface area contributed by atoms with E-state index in [2.05, 4.69) is 10.6 Å². The van der Waals surface area contributed by atoms with Crippen LogP contribution in [-0.4, -0.2) is 35.5 Å². The molecule has 0 saturated carbocycles. The van der Waals surface area contributed by atoms with Gasteiger partial charge in [-0.2, -0.15) is 0 Å². The summed E-state index contributed by atoms with van der Waals surface area (Å²) in [7, 11) is 0. The summed E-state index contributed by atoms with van der Waals surface area (Å²) in [5.74, 6) is -0.0000431. The van der Waals surface area contributed by atoms with Crippen LogP contribution in [0.4, 0.5) is 5.69 Å². The van der Waals surface area contributed by atoms with Crippen LogP contribution >= 0.6 is 11.6 Å². The van der Waals surface area contributed by atoms with E-state index in [4.69, 9.17) is 11.6 Å². The van der Waals surface area contributed by atoms with Crippen LogP contribution in [-0.2, 0) is 11.2 Å². The second kappa shape index (κ2) is 6.89. The van der Waals surface area contributed by atoms with Gasteiger partial charge in [-0.15, -0.1) is 0 Å². The number of anilines is 1. The van der Waals surface area contributed by atoms with Crippen molar-refractivity contribution in [2.24, 2.45) is 0 Å². The number of fused-ring (bicyclic) bond motifs is 1. The van der Waals surface area contributed by atoms with Gasteiger partial charge in [-0.25, -0.2) is 0 Å². The maximum atomic E-state index is 12.6. The van der Waals surface area contributed by atoms with Crippen LogP contribution in [0.1, 0.15) is 34.3 Å². The van der Waals surface area contributed by atoms with Gasteiger partial charge in [0.1, 0.15) is 5.66 Å². The van der Waals surface area contributed by atoms with Gasteiger partial charge in [-0.05, 0) is 24.6 Å². The van der Waals surface area contributed by atoms with Gasteiger partial charge in [0.15, 0.2) is 0 Å². The van der Waals surface area contributed by atoms with Gasteiger partial charge in [-0.1, -0.05) is 47.5 Å². The summed E-state index contributed by atoms with van der Waals surface area (Å²) in [5.41, 5.74) is 2.91. The number of hydrogen-bond donors (Lipinski definition) is 2. The molecule has 2 amide bonds. The number of benzene rings is 2. The summed E-state index contributed by atoms with van der Waals surface area (Å²) in [6.45, 7) is 3.22. The molecule has 0 aliphatic carbocycles. The molecule has 5 nitrogen and oxygen atoms in total. The van der Waals surface area contributed by atoms with Gasteiger partial charge in [0, 0.05) is 25.9 Å². The van der Waals surface area contributed by atoms with E-state index < -0.39 is 5.66 Å². The highest BCUT2D eigenvalue weighted by atomic mass is 35.5. The van der Waals surface area contributed by atoms with Crippen LogP contribution in [0, 0.1) is 6.92 Å². The first kappa shape index (κ1) is 17.9. The highest BCUT2D eigenvalue weighted by molar-refractivity contribution is 6.34. The molecule has 2 aromatic rings. The van der Waals surface area contributed by atoms with E-state index in [0.717, 1.165) is 5.56 Å². The standard InChI is InChI=1S/C21H22ClN3O2/c1-14-5-7-15(8-6-14)13-18(26)25-11-9-21(10-12-25)23-19-16(20(27)24-21)3-2-4-17(19)22/h2-8,23H,9-13H2,1H3,(H,24,27). The largest absolute Gasteiger partial charge is 0.361 e. The first-order valence-electron chi connectivity index (χ1n) is 9.18. The molecule has 1 saturated heterocycles. The molecule has 0 bridgehead atoms. The monoisotopic (exact) mass is 383 g/mol. The second-order valence-electron chi connectivity index (χ2n) is 7.37. The topological polar surface area (TPSA) is 61.4 Å². The van der Waals surface area contributed by atoms with Crippen molar-refractivity contribution in [3.8, 4) is 0 Å². The minimum Gasteiger partial charge on any atom is -0.361 e. The Morgan fingerprint density at radius 2 is 1.81 bits per heavy atom. The maximum absolute atomic E-state index is 12.6. The molecule has 0 atom stereocenters. The van der Waals surface area contributed by atoms with Crippen molar-refractivity contribution in [1.29, 1.82) is 0 Å². The Balaban J connectivity index is 1.43. The fraction of sp³-hybridized carbons (Fsp3) is 0.333. The number of rotatable bonds is 2. The van der Waals surface area contributed by atoms with E-state index in [9.17, 15) is 9.59 Å². The van der Waals surface area contributed by atoms with Crippen LogP contribution in [0.2, 0.25) is 5.02 Å². The first-order chi connectivity index (χ1) is 13.0. The molecule has 140 valence electrons. The number of amides is 2. The van der Waals surface area contributed by atoms with Crippen LogP contribution < -0.4 is 10.6 Å². The highest BCUT2D eigenvalue weighted by Gasteiger charge is 2.41. The zero-order chi connectivity index (χ0) is 19.0. The molecule has 0 unspecified atom stereocenters. The van der Waals surface area contributed by atoms with Crippen LogP contribution in [0.25, 0.3) is 0 Å². The molecule has 1 fully saturated rings. The average molecular weight is 384 g/mol. The number of nitrogens with zero attached hydrogens (tertiary/aromatic N) is 1. The minimum absolute atomic E-state index is 0.120. The summed E-state index contributed by atoms with van der Waals surface area (Å²) in [4.78, 5) is 27.0. The molecule has 2 aromatic carbocycles. The first-order valence-corrected chi connectivity index (χ1v) is 9.56. The van der Waals surface area contributed by atoms with Gasteiger partial charge < -0.3 is 15.5 Å². The van der Waals surface area contributed by atoms with Gasteiger partial charge >= 0.3 is 0 Å². The second-order valence-corrected chi connectivity index (χ2v) is 7.77. The summed E-state index contributed by atoms with van der Waals surface area (Å²) in [5, 5.41) is 7.05. The van der Waals surface area contributed by atoms with E-state index in [1.165, 1.54) is 5.56 Å². The number of para-hydroxylation sites is 1. The fourth-order valence-corrected chi connectivity index (χ4v) is 4.00. The molecule has 0 aromatic heterocycles. The molecule has 27 heavy (non-hydrogen) atoms. The van der Waals surface area contributed by atoms with Crippen molar-refractivity contribution in [3.63, 3.8) is 0 Å². The molecule has 2 heterocycles. The number of aryl methyl sites for hydroxylation is 1. The third-order valence-electron chi connectivity index (χ3n) is 5.42. The molecule has 6 heteroatoms. The molecule has 2 N–H and O–H groups in total. The molecule has 2 aliphatic heterocycles. The van der Waals surface area contributed by atoms with Crippen molar-refractivity contribution >= 4 is 29.1 Å². The number of carbonyl (C=O) groups is 2. The van der Waals surface area contributed by atoms with Gasteiger partial charge in [0.25, 0.3) is 5.91 Å². The summed E-state index contributed by atoms with van der Waals surface area (Å²) in [6, 6.07) is 13.4. The molecule has 4 rings (SSSR count). The number of carbonyl (C=O) groups excluding carboxylic acids is 2. The average Bonchev–Trinajstić information content (AvgIpc) is 2.65. The molecule has 2 aliphatic rings. The number of hydrogen-bond acceptors (Lipinski definition) is 3. The van der Waals surface area contributed by atoms with Crippen molar-refractivity contribution in [2.45, 2.75) is 31.8 Å². The third kappa shape index (κ3) is 3.52. The number of halogens is 1. The fourth-order valence-electron chi connectivity index (χ4n) is 3.78. The van der Waals surface area contributed by atoms with E-state index in [1.54, 1.807) is 18.2 Å². The lowest BCUT2D eigenvalue weighted by atomic mass is 9.92. The SMILES string of the molecule is Cc1ccc(CC(=O)N2CCC3(CC2)NC(=O)c2cccc(Cl)c2N3)cc1. The quantitative estimate of drug-likeness (QED) is 0.835. The Morgan fingerprint density at radius 3 is 2.52 bits per heavy atom. The Hall–Kier alpha value is -2.53. The Kier molecular flexibility index (Phi) is 4.56. The lowest BCUT2D eigenvalue weighted by Gasteiger charge is -2.46. The smallest absolute Gasteiger partial charge is 0.255 e. The number of likely N-dealkylation sites (tertiary alicyclic amines) is 1. The van der Waals surface area contributed by atoms with Gasteiger partial charge in [0.2, 0.25) is 5.91 Å². The molecular weight excluding hydrogens is 362 g/mol. The van der Waals surface area contributed by atoms with Crippen molar-refractivity contribution in [1.82, 2.24) is 10.2 Å². The predicted molar refractivity (Wildman–Crippen MR) is 106 cm³/mol. The molecule has 1 spiro atoms. The Morgan fingerprint density at radius 1 is 1.11 bits per heavy atom. The number of nitrogens with one attached hydrogen (secondary N) is 2. The van der Waals surface area contributed by atoms with Crippen molar-refractivity contribution in [3.05, 3.63) is 64.2 Å². The van der Waals surface area contributed by atoms with Crippen LogP contribution in [0.15, 0.2) is 42.5 Å². The molecule has 0 radical (unpaired) electrons.